The van der Waals surface area contributed by atoms with Crippen LogP contribution >= 0.6 is 0 Å². The van der Waals surface area contributed by atoms with E-state index in [1.54, 1.807) is 6.07 Å². The molecule has 1 aromatic rings. The molecule has 1 heterocycles. The molecule has 0 bridgehead atoms. The first-order valence-electron chi connectivity index (χ1n) is 4.88. The maximum Gasteiger partial charge on any atom is 0.276 e. The number of hydrogen-bond donors (Lipinski definition) is 2. The number of nitrogens with zero attached hydrogens (tertiary/aromatic N) is 1. The molecule has 1 aromatic carbocycles. The van der Waals surface area contributed by atoms with Gasteiger partial charge < -0.3 is 10.4 Å². The molecule has 80 valence electrons. The maximum atomic E-state index is 11.1. The molecule has 1 aliphatic heterocycles. The molecule has 1 atom stereocenters. The Morgan fingerprint density at radius 1 is 1.33 bits per heavy atom. The Morgan fingerprint density at radius 3 is 2.73 bits per heavy atom. The van der Waals surface area contributed by atoms with Crippen LogP contribution in [0.15, 0.2) is 29.3 Å². The molecule has 0 saturated heterocycles. The lowest BCUT2D eigenvalue weighted by atomic mass is 10.2. The second kappa shape index (κ2) is 5.26. The molecule has 0 saturated carbocycles. The largest absolute Gasteiger partial charge is 0.364 e. The fourth-order valence-electron chi connectivity index (χ4n) is 1.14. The zero-order valence-corrected chi connectivity index (χ0v) is 8.77. The van der Waals surface area contributed by atoms with Gasteiger partial charge in [-0.2, -0.15) is 0 Å². The topological polar surface area (TPSA) is 61.7 Å². The minimum atomic E-state index is -1.30. The lowest BCUT2D eigenvalue weighted by molar-refractivity contribution is -0.123. The third kappa shape index (κ3) is 2.63. The van der Waals surface area contributed by atoms with Gasteiger partial charge in [0.25, 0.3) is 5.91 Å². The highest BCUT2D eigenvalue weighted by molar-refractivity contribution is 6.02. The molecule has 0 radical (unpaired) electrons. The van der Waals surface area contributed by atoms with Crippen LogP contribution < -0.4 is 5.32 Å². The van der Waals surface area contributed by atoms with Crippen LogP contribution in [0.2, 0.25) is 0 Å². The molecule has 1 amide bonds. The summed E-state index contributed by atoms with van der Waals surface area (Å²) in [6, 6.07) is 7.23. The van der Waals surface area contributed by atoms with E-state index in [4.69, 9.17) is 5.11 Å². The Bertz CT molecular complexity index is 375. The monoisotopic (exact) mass is 206 g/mol. The number of aliphatic hydroxyl groups is 1. The standard InChI is InChI=1S/C9H8N2O2.C2H6/c12-8-9(13)11-7-4-2-1-3-6(7)5-10-8;1-2/h1-5,8,12H,(H,11,13);1-2H3. The number of rotatable bonds is 0. The van der Waals surface area contributed by atoms with Crippen molar-refractivity contribution in [1.82, 2.24) is 0 Å². The summed E-state index contributed by atoms with van der Waals surface area (Å²) in [4.78, 5) is 14.8. The molecule has 0 fully saturated rings. The van der Waals surface area contributed by atoms with Crippen LogP contribution in [0.3, 0.4) is 0 Å². The van der Waals surface area contributed by atoms with Crippen molar-refractivity contribution in [1.29, 1.82) is 0 Å². The number of para-hydroxylation sites is 1. The molecule has 2 N–H and O–H groups in total. The number of nitrogens with one attached hydrogen (secondary N) is 1. The quantitative estimate of drug-likeness (QED) is 0.674. The SMILES string of the molecule is CC.O=C1Nc2ccccc2C=NC1O. The molecule has 1 aliphatic rings. The predicted molar refractivity (Wildman–Crippen MR) is 60.0 cm³/mol. The smallest absolute Gasteiger partial charge is 0.276 e. The molecule has 4 heteroatoms. The molecular formula is C11H14N2O2. The number of benzodiazepines with no additional fused rings is 1. The summed E-state index contributed by atoms with van der Waals surface area (Å²) in [5, 5.41) is 11.7. The summed E-state index contributed by atoms with van der Waals surface area (Å²) in [5.41, 5.74) is 1.47. The predicted octanol–water partition coefficient (Wildman–Crippen LogP) is 1.40. The fraction of sp³-hybridized carbons (Fsp3) is 0.273. The first kappa shape index (κ1) is 11.4. The molecule has 1 unspecified atom stereocenters. The summed E-state index contributed by atoms with van der Waals surface area (Å²) in [6.45, 7) is 4.00. The van der Waals surface area contributed by atoms with E-state index in [9.17, 15) is 4.79 Å². The number of carbonyl (C=O) groups excluding carboxylic acids is 1. The Morgan fingerprint density at radius 2 is 2.00 bits per heavy atom. The zero-order valence-electron chi connectivity index (χ0n) is 8.77. The van der Waals surface area contributed by atoms with E-state index in [0.29, 0.717) is 5.69 Å². The van der Waals surface area contributed by atoms with Crippen LogP contribution in [0.5, 0.6) is 0 Å². The normalized spacial score (nSPS) is 18.1. The van der Waals surface area contributed by atoms with Crippen molar-refractivity contribution >= 4 is 17.8 Å². The van der Waals surface area contributed by atoms with Gasteiger partial charge in [-0.25, -0.2) is 0 Å². The summed E-state index contributed by atoms with van der Waals surface area (Å²) in [5.74, 6) is -0.499. The van der Waals surface area contributed by atoms with E-state index in [-0.39, 0.29) is 0 Å². The van der Waals surface area contributed by atoms with Gasteiger partial charge in [-0.15, -0.1) is 0 Å². The molecule has 2 rings (SSSR count). The summed E-state index contributed by atoms with van der Waals surface area (Å²) >= 11 is 0. The Labute approximate surface area is 88.7 Å². The van der Waals surface area contributed by atoms with Gasteiger partial charge in [0.2, 0.25) is 6.23 Å². The first-order chi connectivity index (χ1) is 7.27. The minimum Gasteiger partial charge on any atom is -0.364 e. The fourth-order valence-corrected chi connectivity index (χ4v) is 1.14. The van der Waals surface area contributed by atoms with Gasteiger partial charge in [0, 0.05) is 17.5 Å². The third-order valence-electron chi connectivity index (χ3n) is 1.81. The highest BCUT2D eigenvalue weighted by Crippen LogP contribution is 2.15. The van der Waals surface area contributed by atoms with Crippen molar-refractivity contribution in [2.75, 3.05) is 5.32 Å². The van der Waals surface area contributed by atoms with Gasteiger partial charge in [-0.05, 0) is 6.07 Å². The van der Waals surface area contributed by atoms with Crippen molar-refractivity contribution in [2.24, 2.45) is 4.99 Å². The highest BCUT2D eigenvalue weighted by atomic mass is 16.3. The molecule has 0 aromatic heterocycles. The van der Waals surface area contributed by atoms with Crippen LogP contribution in [0.4, 0.5) is 5.69 Å². The number of benzene rings is 1. The number of amides is 1. The number of aliphatic imine (C=N–C) groups is 1. The Hall–Kier alpha value is -1.68. The van der Waals surface area contributed by atoms with E-state index in [1.807, 2.05) is 32.0 Å². The van der Waals surface area contributed by atoms with Gasteiger partial charge in [0.1, 0.15) is 0 Å². The average molecular weight is 206 g/mol. The summed E-state index contributed by atoms with van der Waals surface area (Å²) in [7, 11) is 0. The minimum absolute atomic E-state index is 0.499. The number of carbonyl (C=O) groups is 1. The van der Waals surface area contributed by atoms with Crippen molar-refractivity contribution in [3.8, 4) is 0 Å². The Balaban J connectivity index is 0.000000531. The number of aliphatic hydroxyl groups excluding tert-OH is 1. The molecule has 0 aliphatic carbocycles. The van der Waals surface area contributed by atoms with E-state index < -0.39 is 12.1 Å². The van der Waals surface area contributed by atoms with Gasteiger partial charge in [-0.3, -0.25) is 9.79 Å². The number of anilines is 1. The van der Waals surface area contributed by atoms with Crippen LogP contribution in [-0.2, 0) is 4.79 Å². The van der Waals surface area contributed by atoms with E-state index in [1.165, 1.54) is 6.21 Å². The van der Waals surface area contributed by atoms with Crippen molar-refractivity contribution in [3.05, 3.63) is 29.8 Å². The third-order valence-corrected chi connectivity index (χ3v) is 1.81. The van der Waals surface area contributed by atoms with E-state index in [2.05, 4.69) is 10.3 Å². The van der Waals surface area contributed by atoms with Crippen molar-refractivity contribution in [3.63, 3.8) is 0 Å². The van der Waals surface area contributed by atoms with E-state index >= 15 is 0 Å². The van der Waals surface area contributed by atoms with Crippen LogP contribution in [0.25, 0.3) is 0 Å². The van der Waals surface area contributed by atoms with Crippen molar-refractivity contribution < 1.29 is 9.90 Å². The highest BCUT2D eigenvalue weighted by Gasteiger charge is 2.16. The average Bonchev–Trinajstić information content (AvgIpc) is 2.43. The molecule has 4 nitrogen and oxygen atoms in total. The second-order valence-electron chi connectivity index (χ2n) is 2.73. The lowest BCUT2D eigenvalue weighted by Crippen LogP contribution is -2.24. The number of fused-ring (bicyclic) bond motifs is 1. The lowest BCUT2D eigenvalue weighted by Gasteiger charge is -2.04. The first-order valence-corrected chi connectivity index (χ1v) is 4.88. The van der Waals surface area contributed by atoms with Gasteiger partial charge in [-0.1, -0.05) is 32.0 Å². The molecule has 0 spiro atoms. The Kier molecular flexibility index (Phi) is 4.00. The molecular weight excluding hydrogens is 192 g/mol. The van der Waals surface area contributed by atoms with Gasteiger partial charge >= 0.3 is 0 Å². The second-order valence-corrected chi connectivity index (χ2v) is 2.73. The van der Waals surface area contributed by atoms with Crippen LogP contribution in [0, 0.1) is 0 Å². The van der Waals surface area contributed by atoms with Gasteiger partial charge in [0.05, 0.1) is 0 Å². The van der Waals surface area contributed by atoms with Crippen LogP contribution in [0.1, 0.15) is 19.4 Å². The number of hydrogen-bond acceptors (Lipinski definition) is 3. The van der Waals surface area contributed by atoms with Crippen molar-refractivity contribution in [2.45, 2.75) is 20.1 Å². The summed E-state index contributed by atoms with van der Waals surface area (Å²) in [6.07, 6.45) is 0.185. The van der Waals surface area contributed by atoms with Crippen LogP contribution in [-0.4, -0.2) is 23.5 Å². The van der Waals surface area contributed by atoms with E-state index in [0.717, 1.165) is 5.56 Å². The maximum absolute atomic E-state index is 11.1. The van der Waals surface area contributed by atoms with Gasteiger partial charge in [0.15, 0.2) is 0 Å². The molecule has 15 heavy (non-hydrogen) atoms. The summed E-state index contributed by atoms with van der Waals surface area (Å²) < 4.78 is 0. The zero-order chi connectivity index (χ0) is 11.3.